The van der Waals surface area contributed by atoms with E-state index in [0.29, 0.717) is 6.54 Å². The van der Waals surface area contributed by atoms with Crippen LogP contribution in [0.15, 0.2) is 59.5 Å². The second-order valence-corrected chi connectivity index (χ2v) is 8.25. The molecule has 1 unspecified atom stereocenters. The van der Waals surface area contributed by atoms with Gasteiger partial charge in [0.25, 0.3) is 0 Å². The van der Waals surface area contributed by atoms with E-state index in [9.17, 15) is 22.4 Å². The van der Waals surface area contributed by atoms with Crippen LogP contribution in [0.25, 0.3) is 0 Å². The van der Waals surface area contributed by atoms with Gasteiger partial charge in [0.05, 0.1) is 11.4 Å². The molecule has 2 rings (SSSR count). The van der Waals surface area contributed by atoms with Gasteiger partial charge in [-0.3, -0.25) is 9.59 Å². The zero-order valence-corrected chi connectivity index (χ0v) is 16.4. The highest BCUT2D eigenvalue weighted by Crippen LogP contribution is 2.14. The molecule has 0 aromatic heterocycles. The summed E-state index contributed by atoms with van der Waals surface area (Å²) in [5.41, 5.74) is 0.916. The van der Waals surface area contributed by atoms with Gasteiger partial charge in [-0.25, -0.2) is 12.8 Å². The molecule has 2 N–H and O–H groups in total. The van der Waals surface area contributed by atoms with Crippen LogP contribution in [0, 0.1) is 5.82 Å². The third-order valence-corrected chi connectivity index (χ3v) is 5.79. The minimum absolute atomic E-state index is 0.127. The van der Waals surface area contributed by atoms with Crippen molar-refractivity contribution >= 4 is 21.8 Å². The van der Waals surface area contributed by atoms with Gasteiger partial charge in [-0.2, -0.15) is 4.31 Å². The molecule has 28 heavy (non-hydrogen) atoms. The van der Waals surface area contributed by atoms with Crippen molar-refractivity contribution in [3.8, 4) is 0 Å². The van der Waals surface area contributed by atoms with Gasteiger partial charge in [-0.15, -0.1) is 0 Å². The van der Waals surface area contributed by atoms with Crippen molar-refractivity contribution in [2.75, 3.05) is 13.6 Å². The monoisotopic (exact) mass is 407 g/mol. The van der Waals surface area contributed by atoms with Crippen molar-refractivity contribution in [3.05, 3.63) is 66.0 Å². The molecule has 9 heteroatoms. The number of halogens is 1. The Morgan fingerprint density at radius 2 is 1.68 bits per heavy atom. The molecule has 0 fully saturated rings. The largest absolute Gasteiger partial charge is 0.350 e. The van der Waals surface area contributed by atoms with Gasteiger partial charge in [-0.1, -0.05) is 30.3 Å². The van der Waals surface area contributed by atoms with E-state index in [1.54, 1.807) is 0 Å². The first-order valence-electron chi connectivity index (χ1n) is 8.53. The molecule has 0 bridgehead atoms. The van der Waals surface area contributed by atoms with Crippen LogP contribution >= 0.6 is 0 Å². The maximum Gasteiger partial charge on any atom is 0.243 e. The summed E-state index contributed by atoms with van der Waals surface area (Å²) < 4.78 is 38.6. The van der Waals surface area contributed by atoms with Crippen LogP contribution in [0.5, 0.6) is 0 Å². The Bertz CT molecular complexity index is 918. The van der Waals surface area contributed by atoms with Crippen molar-refractivity contribution in [2.24, 2.45) is 0 Å². The molecule has 0 aliphatic carbocycles. The van der Waals surface area contributed by atoms with Crippen LogP contribution in [0.4, 0.5) is 4.39 Å². The van der Waals surface area contributed by atoms with Crippen LogP contribution in [0.3, 0.4) is 0 Å². The fourth-order valence-electron chi connectivity index (χ4n) is 2.36. The van der Waals surface area contributed by atoms with E-state index in [2.05, 4.69) is 10.6 Å². The van der Waals surface area contributed by atoms with E-state index in [4.69, 9.17) is 0 Å². The first-order chi connectivity index (χ1) is 13.2. The topological polar surface area (TPSA) is 95.6 Å². The average molecular weight is 407 g/mol. The third-order valence-electron chi connectivity index (χ3n) is 3.97. The maximum atomic E-state index is 13.0. The summed E-state index contributed by atoms with van der Waals surface area (Å²) in [6, 6.07) is 12.8. The highest BCUT2D eigenvalue weighted by Gasteiger charge is 2.24. The predicted octanol–water partition coefficient (Wildman–Crippen LogP) is 1.27. The number of benzene rings is 2. The van der Waals surface area contributed by atoms with Crippen molar-refractivity contribution in [1.29, 1.82) is 0 Å². The van der Waals surface area contributed by atoms with Gasteiger partial charge in [-0.05, 0) is 36.8 Å². The van der Waals surface area contributed by atoms with Gasteiger partial charge in [0, 0.05) is 13.6 Å². The van der Waals surface area contributed by atoms with Crippen LogP contribution in [0.1, 0.15) is 12.5 Å². The van der Waals surface area contributed by atoms with E-state index in [1.165, 1.54) is 14.0 Å². The first-order valence-corrected chi connectivity index (χ1v) is 9.97. The molecule has 0 aliphatic rings. The standard InChI is InChI=1S/C19H22FN3O4S/c1-14(19(25)21-12-15-6-4-3-5-7-15)22-18(24)13-23(2)28(26,27)17-10-8-16(20)9-11-17/h3-11,14H,12-13H2,1-2H3,(H,21,25)(H,22,24). The summed E-state index contributed by atoms with van der Waals surface area (Å²) in [5, 5.41) is 5.16. The lowest BCUT2D eigenvalue weighted by Gasteiger charge is -2.19. The zero-order chi connectivity index (χ0) is 20.7. The van der Waals surface area contributed by atoms with Gasteiger partial charge >= 0.3 is 0 Å². The SMILES string of the molecule is CC(NC(=O)CN(C)S(=O)(=O)c1ccc(F)cc1)C(=O)NCc1ccccc1. The Kier molecular flexibility index (Phi) is 7.24. The normalized spacial score (nSPS) is 12.4. The fourth-order valence-corrected chi connectivity index (χ4v) is 3.49. The Labute approximate surface area is 163 Å². The number of hydrogen-bond acceptors (Lipinski definition) is 4. The number of carbonyl (C=O) groups is 2. The number of carbonyl (C=O) groups excluding carboxylic acids is 2. The number of sulfonamides is 1. The molecular weight excluding hydrogens is 385 g/mol. The van der Waals surface area contributed by atoms with Crippen LogP contribution in [0.2, 0.25) is 0 Å². The number of rotatable bonds is 8. The lowest BCUT2D eigenvalue weighted by molar-refractivity contribution is -0.128. The van der Waals surface area contributed by atoms with E-state index in [-0.39, 0.29) is 10.8 Å². The van der Waals surface area contributed by atoms with Crippen LogP contribution < -0.4 is 10.6 Å². The number of hydrogen-bond donors (Lipinski definition) is 2. The fraction of sp³-hybridized carbons (Fsp3) is 0.263. The Morgan fingerprint density at radius 1 is 1.07 bits per heavy atom. The Balaban J connectivity index is 1.87. The van der Waals surface area contributed by atoms with E-state index in [1.807, 2.05) is 30.3 Å². The predicted molar refractivity (Wildman–Crippen MR) is 102 cm³/mol. The van der Waals surface area contributed by atoms with Crippen LogP contribution in [-0.2, 0) is 26.2 Å². The van der Waals surface area contributed by atoms with Crippen molar-refractivity contribution < 1.29 is 22.4 Å². The van der Waals surface area contributed by atoms with Gasteiger partial charge in [0.15, 0.2) is 0 Å². The molecule has 0 saturated heterocycles. The van der Waals surface area contributed by atoms with Gasteiger partial charge < -0.3 is 10.6 Å². The summed E-state index contributed by atoms with van der Waals surface area (Å²) in [6.07, 6.45) is 0. The average Bonchev–Trinajstić information content (AvgIpc) is 2.67. The molecule has 1 atom stereocenters. The Morgan fingerprint density at radius 3 is 2.29 bits per heavy atom. The molecule has 2 aromatic carbocycles. The minimum Gasteiger partial charge on any atom is -0.350 e. The Hall–Kier alpha value is -2.78. The van der Waals surface area contributed by atoms with E-state index in [0.717, 1.165) is 34.1 Å². The summed E-state index contributed by atoms with van der Waals surface area (Å²) in [6.45, 7) is 1.35. The number of nitrogens with zero attached hydrogens (tertiary/aromatic N) is 1. The molecular formula is C19H22FN3O4S. The highest BCUT2D eigenvalue weighted by molar-refractivity contribution is 7.89. The molecule has 0 aliphatic heterocycles. The van der Waals surface area contributed by atoms with Crippen LogP contribution in [-0.4, -0.2) is 44.2 Å². The van der Waals surface area contributed by atoms with Crippen molar-refractivity contribution in [1.82, 2.24) is 14.9 Å². The quantitative estimate of drug-likeness (QED) is 0.689. The van der Waals surface area contributed by atoms with E-state index < -0.39 is 34.3 Å². The molecule has 0 heterocycles. The number of likely N-dealkylation sites (N-methyl/N-ethyl adjacent to an activating group) is 1. The number of nitrogens with one attached hydrogen (secondary N) is 2. The smallest absolute Gasteiger partial charge is 0.243 e. The second kappa shape index (κ2) is 9.43. The van der Waals surface area contributed by atoms with Gasteiger partial charge in [0.1, 0.15) is 11.9 Å². The van der Waals surface area contributed by atoms with E-state index >= 15 is 0 Å². The minimum atomic E-state index is -3.95. The summed E-state index contributed by atoms with van der Waals surface area (Å²) >= 11 is 0. The zero-order valence-electron chi connectivity index (χ0n) is 15.6. The first kappa shape index (κ1) is 21.5. The summed E-state index contributed by atoms with van der Waals surface area (Å²) in [5.74, 6) is -1.58. The lowest BCUT2D eigenvalue weighted by atomic mass is 10.2. The maximum absolute atomic E-state index is 13.0. The van der Waals surface area contributed by atoms with Crippen molar-refractivity contribution in [2.45, 2.75) is 24.4 Å². The molecule has 150 valence electrons. The number of amides is 2. The molecule has 0 radical (unpaired) electrons. The molecule has 0 saturated carbocycles. The lowest BCUT2D eigenvalue weighted by Crippen LogP contribution is -2.48. The summed E-state index contributed by atoms with van der Waals surface area (Å²) in [4.78, 5) is 24.1. The molecule has 0 spiro atoms. The van der Waals surface area contributed by atoms with Gasteiger partial charge in [0.2, 0.25) is 21.8 Å². The van der Waals surface area contributed by atoms with Crippen molar-refractivity contribution in [3.63, 3.8) is 0 Å². The third kappa shape index (κ3) is 5.86. The summed E-state index contributed by atoms with van der Waals surface area (Å²) in [7, 11) is -2.71. The molecule has 7 nitrogen and oxygen atoms in total. The second-order valence-electron chi connectivity index (χ2n) is 6.21. The molecule has 2 amide bonds. The highest BCUT2D eigenvalue weighted by atomic mass is 32.2. The molecule has 2 aromatic rings.